The topological polar surface area (TPSA) is 32.3 Å². The third-order valence-corrected chi connectivity index (χ3v) is 4.02. The number of amides is 1. The van der Waals surface area contributed by atoms with Gasteiger partial charge in [-0.25, -0.2) is 8.78 Å². The zero-order valence-electron chi connectivity index (χ0n) is 11.9. The van der Waals surface area contributed by atoms with Crippen LogP contribution >= 0.6 is 0 Å². The normalized spacial score (nSPS) is 16.3. The predicted molar refractivity (Wildman–Crippen MR) is 74.8 cm³/mol. The van der Waals surface area contributed by atoms with Gasteiger partial charge >= 0.3 is 0 Å². The first kappa shape index (κ1) is 14.8. The first-order chi connectivity index (χ1) is 9.56. The van der Waals surface area contributed by atoms with E-state index in [-0.39, 0.29) is 17.2 Å². The number of anilines is 1. The lowest BCUT2D eigenvalue weighted by Crippen LogP contribution is -2.38. The van der Waals surface area contributed by atoms with Gasteiger partial charge in [0.05, 0.1) is 0 Å². The van der Waals surface area contributed by atoms with Crippen LogP contribution in [-0.4, -0.2) is 30.9 Å². The highest BCUT2D eigenvalue weighted by atomic mass is 19.1. The van der Waals surface area contributed by atoms with Gasteiger partial charge in [-0.2, -0.15) is 0 Å². The van der Waals surface area contributed by atoms with Gasteiger partial charge in [0.15, 0.2) is 0 Å². The fraction of sp³-hybridized carbons (Fsp3) is 0.533. The Morgan fingerprint density at radius 2 is 1.85 bits per heavy atom. The van der Waals surface area contributed by atoms with Crippen molar-refractivity contribution in [2.24, 2.45) is 5.92 Å². The van der Waals surface area contributed by atoms with Crippen molar-refractivity contribution in [3.05, 3.63) is 29.3 Å². The fourth-order valence-corrected chi connectivity index (χ4v) is 2.66. The maximum atomic E-state index is 13.7. The molecule has 0 spiro atoms. The minimum atomic E-state index is -0.737. The number of rotatable bonds is 3. The molecule has 1 N–H and O–H groups in total. The van der Waals surface area contributed by atoms with E-state index >= 15 is 0 Å². The summed E-state index contributed by atoms with van der Waals surface area (Å²) in [6, 6.07) is 2.20. The Kier molecular flexibility index (Phi) is 4.57. The second-order valence-corrected chi connectivity index (χ2v) is 5.21. The molecule has 20 heavy (non-hydrogen) atoms. The molecule has 110 valence electrons. The van der Waals surface area contributed by atoms with Gasteiger partial charge in [0.25, 0.3) is 5.91 Å². The zero-order chi connectivity index (χ0) is 14.7. The molecule has 5 heteroatoms. The lowest BCUT2D eigenvalue weighted by Gasteiger charge is -2.31. The molecule has 1 aromatic carbocycles. The summed E-state index contributed by atoms with van der Waals surface area (Å²) in [6.07, 6.45) is 3.03. The van der Waals surface area contributed by atoms with Crippen LogP contribution in [0.1, 0.15) is 36.5 Å². The molecule has 0 saturated carbocycles. The molecule has 1 saturated heterocycles. The maximum Gasteiger partial charge on any atom is 0.254 e. The van der Waals surface area contributed by atoms with Crippen LogP contribution in [0, 0.1) is 17.6 Å². The van der Waals surface area contributed by atoms with Crippen molar-refractivity contribution in [3.8, 4) is 0 Å². The van der Waals surface area contributed by atoms with Crippen LogP contribution in [0.2, 0.25) is 0 Å². The summed E-state index contributed by atoms with van der Waals surface area (Å²) in [7, 11) is 1.44. The van der Waals surface area contributed by atoms with E-state index in [0.717, 1.165) is 31.4 Å². The highest BCUT2D eigenvalue weighted by Gasteiger charge is 2.24. The number of benzene rings is 1. The highest BCUT2D eigenvalue weighted by molar-refractivity contribution is 5.94. The maximum absolute atomic E-state index is 13.7. The molecular weight excluding hydrogens is 262 g/mol. The summed E-state index contributed by atoms with van der Waals surface area (Å²) in [4.78, 5) is 14.0. The van der Waals surface area contributed by atoms with Crippen molar-refractivity contribution in [1.29, 1.82) is 0 Å². The van der Waals surface area contributed by atoms with E-state index in [9.17, 15) is 13.6 Å². The van der Waals surface area contributed by atoms with Gasteiger partial charge in [-0.1, -0.05) is 13.3 Å². The summed E-state index contributed by atoms with van der Waals surface area (Å²) in [5.74, 6) is -1.11. The Bertz CT molecular complexity index is 474. The van der Waals surface area contributed by atoms with Crippen LogP contribution in [0.25, 0.3) is 0 Å². The van der Waals surface area contributed by atoms with E-state index in [1.165, 1.54) is 7.05 Å². The van der Waals surface area contributed by atoms with Crippen LogP contribution in [0.15, 0.2) is 12.1 Å². The number of carbonyl (C=O) groups excluding carboxylic acids is 1. The molecular formula is C15H20F2N2O. The summed E-state index contributed by atoms with van der Waals surface area (Å²) in [5.41, 5.74) is -0.125. The third-order valence-electron chi connectivity index (χ3n) is 4.02. The summed E-state index contributed by atoms with van der Waals surface area (Å²) >= 11 is 0. The smallest absolute Gasteiger partial charge is 0.254 e. The number of nitrogens with one attached hydrogen (secondary N) is 1. The monoisotopic (exact) mass is 282 g/mol. The van der Waals surface area contributed by atoms with Gasteiger partial charge in [0.2, 0.25) is 0 Å². The number of piperidine rings is 1. The molecule has 0 bridgehead atoms. The second kappa shape index (κ2) is 6.20. The molecule has 0 atom stereocenters. The summed E-state index contributed by atoms with van der Waals surface area (Å²) in [6.45, 7) is 3.46. The van der Waals surface area contributed by atoms with E-state index in [4.69, 9.17) is 0 Å². The summed E-state index contributed by atoms with van der Waals surface area (Å²) in [5, 5.41) is 2.45. The van der Waals surface area contributed by atoms with Gasteiger partial charge in [0.1, 0.15) is 17.3 Å². The van der Waals surface area contributed by atoms with Gasteiger partial charge in [-0.15, -0.1) is 0 Å². The molecule has 1 aliphatic rings. The van der Waals surface area contributed by atoms with Crippen molar-refractivity contribution in [2.45, 2.75) is 26.2 Å². The minimum absolute atomic E-state index is 0.0777. The number of hydrogen-bond donors (Lipinski definition) is 1. The Morgan fingerprint density at radius 1 is 1.30 bits per heavy atom. The van der Waals surface area contributed by atoms with Crippen molar-refractivity contribution in [2.75, 3.05) is 25.5 Å². The average molecular weight is 282 g/mol. The third kappa shape index (κ3) is 2.92. The minimum Gasteiger partial charge on any atom is -0.383 e. The molecule has 3 nitrogen and oxygen atoms in total. The van der Waals surface area contributed by atoms with Gasteiger partial charge in [-0.05, 0) is 30.9 Å². The lowest BCUT2D eigenvalue weighted by atomic mass is 9.94. The van der Waals surface area contributed by atoms with Crippen LogP contribution < -0.4 is 5.32 Å². The number of likely N-dealkylation sites (tertiary alicyclic amines) is 1. The first-order valence-electron chi connectivity index (χ1n) is 7.02. The van der Waals surface area contributed by atoms with E-state index in [0.29, 0.717) is 19.0 Å². The average Bonchev–Trinajstić information content (AvgIpc) is 2.46. The van der Waals surface area contributed by atoms with Gasteiger partial charge < -0.3 is 10.2 Å². The Hall–Kier alpha value is -1.65. The van der Waals surface area contributed by atoms with Crippen LogP contribution in [-0.2, 0) is 0 Å². The first-order valence-corrected chi connectivity index (χ1v) is 7.02. The zero-order valence-corrected chi connectivity index (χ0v) is 11.9. The van der Waals surface area contributed by atoms with E-state index in [2.05, 4.69) is 12.2 Å². The number of hydrogen-bond acceptors (Lipinski definition) is 2. The largest absolute Gasteiger partial charge is 0.383 e. The van der Waals surface area contributed by atoms with Crippen molar-refractivity contribution in [3.63, 3.8) is 0 Å². The molecule has 0 aromatic heterocycles. The Labute approximate surface area is 118 Å². The van der Waals surface area contributed by atoms with E-state index in [1.54, 1.807) is 4.90 Å². The Balaban J connectivity index is 2.14. The fourth-order valence-electron chi connectivity index (χ4n) is 2.66. The molecule has 1 heterocycles. The lowest BCUT2D eigenvalue weighted by molar-refractivity contribution is 0.0688. The van der Waals surface area contributed by atoms with Crippen molar-refractivity contribution in [1.82, 2.24) is 4.90 Å². The molecule has 1 aromatic rings. The molecule has 1 aliphatic heterocycles. The number of nitrogens with zero attached hydrogens (tertiary/aromatic N) is 1. The standard InChI is InChI=1S/C15H20F2N2O/c1-3-10-4-6-19(7-5-10)15(20)11-8-12(16)14(18-2)13(17)9-11/h8-10,18H,3-7H2,1-2H3. The van der Waals surface area contributed by atoms with Crippen molar-refractivity contribution >= 4 is 11.6 Å². The van der Waals surface area contributed by atoms with Crippen LogP contribution in [0.3, 0.4) is 0 Å². The molecule has 2 rings (SSSR count). The summed E-state index contributed by atoms with van der Waals surface area (Å²) < 4.78 is 27.4. The van der Waals surface area contributed by atoms with Crippen molar-refractivity contribution < 1.29 is 13.6 Å². The van der Waals surface area contributed by atoms with Gasteiger partial charge in [0, 0.05) is 25.7 Å². The Morgan fingerprint density at radius 3 is 2.30 bits per heavy atom. The molecule has 0 radical (unpaired) electrons. The predicted octanol–water partition coefficient (Wildman–Crippen LogP) is 3.27. The second-order valence-electron chi connectivity index (χ2n) is 5.21. The number of carbonyl (C=O) groups is 1. The quantitative estimate of drug-likeness (QED) is 0.923. The molecule has 0 unspecified atom stereocenters. The highest BCUT2D eigenvalue weighted by Crippen LogP contribution is 2.24. The van der Waals surface area contributed by atoms with E-state index in [1.807, 2.05) is 0 Å². The molecule has 0 aliphatic carbocycles. The number of halogens is 2. The van der Waals surface area contributed by atoms with E-state index < -0.39 is 11.6 Å². The van der Waals surface area contributed by atoms with Gasteiger partial charge in [-0.3, -0.25) is 4.79 Å². The van der Waals surface area contributed by atoms with Crippen LogP contribution in [0.4, 0.5) is 14.5 Å². The molecule has 1 fully saturated rings. The molecule has 1 amide bonds. The SMILES string of the molecule is CCC1CCN(C(=O)c2cc(F)c(NC)c(F)c2)CC1. The van der Waals surface area contributed by atoms with Crippen LogP contribution in [0.5, 0.6) is 0 Å².